The number of piperazine rings is 1. The van der Waals surface area contributed by atoms with E-state index in [1.165, 1.54) is 0 Å². The van der Waals surface area contributed by atoms with Gasteiger partial charge in [0.05, 0.1) is 36.8 Å². The number of halogens is 3. The zero-order valence-corrected chi connectivity index (χ0v) is 19.1. The monoisotopic (exact) mass is 490 g/mol. The lowest BCUT2D eigenvalue weighted by molar-refractivity contribution is -0.138. The van der Waals surface area contributed by atoms with E-state index in [4.69, 9.17) is 4.74 Å². The molecule has 0 radical (unpaired) electrons. The highest BCUT2D eigenvalue weighted by atomic mass is 19.4. The fourth-order valence-corrected chi connectivity index (χ4v) is 4.10. The SMILES string of the molecule is CC1CN(C(=O)CCOCCc2cccc3c(=O)[nH]ncc23)CCN1c1ncc(C(F)(F)F)cn1. The van der Waals surface area contributed by atoms with Crippen molar-refractivity contribution in [3.63, 3.8) is 0 Å². The van der Waals surface area contributed by atoms with Gasteiger partial charge in [-0.25, -0.2) is 15.1 Å². The quantitative estimate of drug-likeness (QED) is 0.507. The van der Waals surface area contributed by atoms with Crippen molar-refractivity contribution < 1.29 is 22.7 Å². The van der Waals surface area contributed by atoms with Crippen molar-refractivity contribution in [1.82, 2.24) is 25.1 Å². The van der Waals surface area contributed by atoms with Gasteiger partial charge < -0.3 is 14.5 Å². The summed E-state index contributed by atoms with van der Waals surface area (Å²) in [4.78, 5) is 35.7. The highest BCUT2D eigenvalue weighted by molar-refractivity contribution is 5.83. The van der Waals surface area contributed by atoms with E-state index in [-0.39, 0.29) is 36.5 Å². The maximum Gasteiger partial charge on any atom is 0.419 e. The molecule has 1 atom stereocenters. The lowest BCUT2D eigenvalue weighted by Gasteiger charge is -2.39. The molecule has 4 rings (SSSR count). The number of nitrogens with one attached hydrogen (secondary N) is 1. The number of aromatic amines is 1. The Morgan fingerprint density at radius 2 is 1.91 bits per heavy atom. The molecule has 0 saturated carbocycles. The summed E-state index contributed by atoms with van der Waals surface area (Å²) in [6.07, 6.45) is -0.512. The second-order valence-corrected chi connectivity index (χ2v) is 8.34. The number of amides is 1. The molecule has 2 aromatic heterocycles. The van der Waals surface area contributed by atoms with Crippen LogP contribution in [0.1, 0.15) is 24.5 Å². The summed E-state index contributed by atoms with van der Waals surface area (Å²) < 4.78 is 43.8. The Hall–Kier alpha value is -3.54. The molecular formula is C23H25F3N6O3. The molecule has 3 heterocycles. The zero-order valence-electron chi connectivity index (χ0n) is 19.1. The number of benzene rings is 1. The molecule has 1 fully saturated rings. The number of hydrogen-bond donors (Lipinski definition) is 1. The van der Waals surface area contributed by atoms with E-state index >= 15 is 0 Å². The molecule has 0 bridgehead atoms. The second kappa shape index (κ2) is 10.4. The molecule has 1 saturated heterocycles. The zero-order chi connectivity index (χ0) is 25.0. The van der Waals surface area contributed by atoms with Gasteiger partial charge in [-0.05, 0) is 25.0 Å². The fraction of sp³-hybridized carbons (Fsp3) is 0.435. The van der Waals surface area contributed by atoms with Crippen LogP contribution in [0.2, 0.25) is 0 Å². The van der Waals surface area contributed by atoms with Crippen LogP contribution in [0.3, 0.4) is 0 Å². The lowest BCUT2D eigenvalue weighted by Crippen LogP contribution is -2.54. The fourth-order valence-electron chi connectivity index (χ4n) is 4.10. The largest absolute Gasteiger partial charge is 0.419 e. The van der Waals surface area contributed by atoms with Crippen molar-refractivity contribution in [2.45, 2.75) is 32.0 Å². The van der Waals surface area contributed by atoms with E-state index in [1.54, 1.807) is 22.1 Å². The van der Waals surface area contributed by atoms with Gasteiger partial charge in [-0.2, -0.15) is 18.3 Å². The third-order valence-electron chi connectivity index (χ3n) is 5.98. The van der Waals surface area contributed by atoms with Crippen LogP contribution >= 0.6 is 0 Å². The number of anilines is 1. The molecule has 1 N–H and O–H groups in total. The summed E-state index contributed by atoms with van der Waals surface area (Å²) in [6, 6.07) is 5.32. The van der Waals surface area contributed by atoms with E-state index in [0.717, 1.165) is 23.3 Å². The van der Waals surface area contributed by atoms with Crippen molar-refractivity contribution in [3.8, 4) is 0 Å². The molecule has 0 spiro atoms. The first kappa shape index (κ1) is 24.6. The van der Waals surface area contributed by atoms with Crippen molar-refractivity contribution in [3.05, 3.63) is 58.3 Å². The predicted octanol–water partition coefficient (Wildman–Crippen LogP) is 2.42. The minimum atomic E-state index is -4.48. The van der Waals surface area contributed by atoms with Gasteiger partial charge in [0.15, 0.2) is 0 Å². The normalized spacial score (nSPS) is 16.6. The number of ether oxygens (including phenoxy) is 1. The summed E-state index contributed by atoms with van der Waals surface area (Å²) in [5.41, 5.74) is -0.188. The molecule has 1 aliphatic heterocycles. The van der Waals surface area contributed by atoms with Gasteiger partial charge in [-0.1, -0.05) is 12.1 Å². The predicted molar refractivity (Wildman–Crippen MR) is 122 cm³/mol. The van der Waals surface area contributed by atoms with Crippen molar-refractivity contribution in [2.24, 2.45) is 0 Å². The number of alkyl halides is 3. The number of aromatic nitrogens is 4. The van der Waals surface area contributed by atoms with Crippen molar-refractivity contribution in [2.75, 3.05) is 37.7 Å². The molecule has 1 aliphatic rings. The van der Waals surface area contributed by atoms with Crippen LogP contribution in [0.4, 0.5) is 19.1 Å². The first-order chi connectivity index (χ1) is 16.7. The number of rotatable bonds is 7. The Morgan fingerprint density at radius 1 is 1.14 bits per heavy atom. The number of carbonyl (C=O) groups excluding carboxylic acids is 1. The topological polar surface area (TPSA) is 104 Å². The van der Waals surface area contributed by atoms with Crippen LogP contribution in [0.5, 0.6) is 0 Å². The molecule has 186 valence electrons. The molecular weight excluding hydrogens is 465 g/mol. The minimum absolute atomic E-state index is 0.0502. The third kappa shape index (κ3) is 5.76. The Labute approximate surface area is 198 Å². The van der Waals surface area contributed by atoms with Gasteiger partial charge in [-0.3, -0.25) is 9.59 Å². The number of nitrogens with zero attached hydrogens (tertiary/aromatic N) is 5. The minimum Gasteiger partial charge on any atom is -0.381 e. The summed E-state index contributed by atoms with van der Waals surface area (Å²) in [6.45, 7) is 3.80. The number of fused-ring (bicyclic) bond motifs is 1. The summed E-state index contributed by atoms with van der Waals surface area (Å²) in [5, 5.41) is 7.62. The number of hydrogen-bond acceptors (Lipinski definition) is 7. The van der Waals surface area contributed by atoms with Gasteiger partial charge in [0.2, 0.25) is 11.9 Å². The Bertz CT molecular complexity index is 1230. The van der Waals surface area contributed by atoms with E-state index in [2.05, 4.69) is 20.2 Å². The van der Waals surface area contributed by atoms with Crippen LogP contribution < -0.4 is 10.5 Å². The maximum atomic E-state index is 12.7. The summed E-state index contributed by atoms with van der Waals surface area (Å²) in [7, 11) is 0. The maximum absolute atomic E-state index is 12.7. The highest BCUT2D eigenvalue weighted by Gasteiger charge is 2.33. The lowest BCUT2D eigenvalue weighted by atomic mass is 10.1. The molecule has 1 unspecified atom stereocenters. The smallest absolute Gasteiger partial charge is 0.381 e. The van der Waals surface area contributed by atoms with Crippen LogP contribution in [0.25, 0.3) is 10.8 Å². The van der Waals surface area contributed by atoms with Crippen LogP contribution in [-0.2, 0) is 22.1 Å². The molecule has 12 heteroatoms. The van der Waals surface area contributed by atoms with Gasteiger partial charge in [0.1, 0.15) is 0 Å². The highest BCUT2D eigenvalue weighted by Crippen LogP contribution is 2.28. The van der Waals surface area contributed by atoms with E-state index in [9.17, 15) is 22.8 Å². The summed E-state index contributed by atoms with van der Waals surface area (Å²) in [5.74, 6) is 0.164. The average molecular weight is 490 g/mol. The van der Waals surface area contributed by atoms with Gasteiger partial charge in [0.25, 0.3) is 5.56 Å². The van der Waals surface area contributed by atoms with Crippen molar-refractivity contribution in [1.29, 1.82) is 0 Å². The molecule has 35 heavy (non-hydrogen) atoms. The molecule has 1 aromatic carbocycles. The third-order valence-corrected chi connectivity index (χ3v) is 5.98. The molecule has 3 aromatic rings. The Kier molecular flexibility index (Phi) is 7.29. The van der Waals surface area contributed by atoms with E-state index in [1.807, 2.05) is 19.1 Å². The van der Waals surface area contributed by atoms with Gasteiger partial charge in [-0.15, -0.1) is 0 Å². The summed E-state index contributed by atoms with van der Waals surface area (Å²) >= 11 is 0. The Morgan fingerprint density at radius 3 is 2.63 bits per heavy atom. The van der Waals surface area contributed by atoms with E-state index in [0.29, 0.717) is 38.0 Å². The van der Waals surface area contributed by atoms with Crippen molar-refractivity contribution >= 4 is 22.6 Å². The Balaban J connectivity index is 1.22. The molecule has 1 amide bonds. The molecule has 9 nitrogen and oxygen atoms in total. The first-order valence-corrected chi connectivity index (χ1v) is 11.2. The standard InChI is InChI=1S/C23H25F3N6O3/c1-15-14-31(7-8-32(15)22-27-11-17(12-28-22)23(24,25)26)20(33)6-10-35-9-5-16-3-2-4-18-19(16)13-29-30-21(18)34/h2-4,11-13,15H,5-10,14H2,1H3,(H,30,34). The second-order valence-electron chi connectivity index (χ2n) is 8.34. The number of H-pyrrole nitrogens is 1. The van der Waals surface area contributed by atoms with E-state index < -0.39 is 11.7 Å². The van der Waals surface area contributed by atoms with Crippen LogP contribution in [0.15, 0.2) is 41.6 Å². The van der Waals surface area contributed by atoms with Crippen LogP contribution in [0, 0.1) is 0 Å². The van der Waals surface area contributed by atoms with Crippen LogP contribution in [-0.4, -0.2) is 69.9 Å². The number of carbonyl (C=O) groups is 1. The van der Waals surface area contributed by atoms with Gasteiger partial charge >= 0.3 is 6.18 Å². The molecule has 0 aliphatic carbocycles. The van der Waals surface area contributed by atoms with Gasteiger partial charge in [0, 0.05) is 43.5 Å². The average Bonchev–Trinajstić information content (AvgIpc) is 2.83. The first-order valence-electron chi connectivity index (χ1n) is 11.2.